The Kier molecular flexibility index (Phi) is 7.56. The van der Waals surface area contributed by atoms with E-state index in [2.05, 4.69) is 26.3 Å². The van der Waals surface area contributed by atoms with E-state index < -0.39 is 29.8 Å². The third-order valence-electron chi connectivity index (χ3n) is 5.07. The summed E-state index contributed by atoms with van der Waals surface area (Å²) in [6.07, 6.45) is -7.47. The summed E-state index contributed by atoms with van der Waals surface area (Å²) in [5.41, 5.74) is -2.52. The van der Waals surface area contributed by atoms with E-state index in [-0.39, 0.29) is 24.1 Å². The summed E-state index contributed by atoms with van der Waals surface area (Å²) >= 11 is 0. The lowest BCUT2D eigenvalue weighted by atomic mass is 9.98. The molecule has 3 amide bonds. The van der Waals surface area contributed by atoms with Gasteiger partial charge in [0.1, 0.15) is 11.4 Å². The summed E-state index contributed by atoms with van der Waals surface area (Å²) < 4.78 is 78.0. The van der Waals surface area contributed by atoms with Gasteiger partial charge < -0.3 is 21.3 Å². The number of carbonyl (C=O) groups excluding carboxylic acids is 2. The molecule has 1 aliphatic carbocycles. The van der Waals surface area contributed by atoms with E-state index in [1.165, 1.54) is 13.1 Å². The summed E-state index contributed by atoms with van der Waals surface area (Å²) in [6, 6.07) is 6.57. The first-order valence-corrected chi connectivity index (χ1v) is 10.4. The van der Waals surface area contributed by atoms with Crippen molar-refractivity contribution in [2.24, 2.45) is 0 Å². The average molecular weight is 501 g/mol. The van der Waals surface area contributed by atoms with E-state index in [4.69, 9.17) is 0 Å². The van der Waals surface area contributed by atoms with Crippen molar-refractivity contribution in [3.63, 3.8) is 0 Å². The van der Waals surface area contributed by atoms with Crippen LogP contribution in [0.25, 0.3) is 0 Å². The van der Waals surface area contributed by atoms with Crippen LogP contribution in [-0.4, -0.2) is 30.0 Å². The largest absolute Gasteiger partial charge is 0.433 e. The van der Waals surface area contributed by atoms with Crippen LogP contribution in [0.2, 0.25) is 0 Å². The zero-order chi connectivity index (χ0) is 25.8. The van der Waals surface area contributed by atoms with Crippen molar-refractivity contribution in [3.8, 4) is 0 Å². The predicted molar refractivity (Wildman–Crippen MR) is 116 cm³/mol. The smallest absolute Gasteiger partial charge is 0.359 e. The third-order valence-corrected chi connectivity index (χ3v) is 5.07. The highest BCUT2D eigenvalue weighted by molar-refractivity contribution is 5.97. The number of anilines is 2. The Morgan fingerprint density at radius 2 is 1.63 bits per heavy atom. The molecule has 3 rings (SSSR count). The van der Waals surface area contributed by atoms with Crippen molar-refractivity contribution >= 4 is 23.3 Å². The van der Waals surface area contributed by atoms with Crippen LogP contribution in [0.1, 0.15) is 41.0 Å². The van der Waals surface area contributed by atoms with Crippen LogP contribution in [-0.2, 0) is 12.4 Å². The minimum absolute atomic E-state index is 0.286. The van der Waals surface area contributed by atoms with Crippen molar-refractivity contribution in [1.82, 2.24) is 15.6 Å². The molecule has 35 heavy (non-hydrogen) atoms. The molecule has 1 aromatic heterocycles. The summed E-state index contributed by atoms with van der Waals surface area (Å²) in [5.74, 6) is -0.390. The number of pyridine rings is 1. The minimum atomic E-state index is -5.04. The van der Waals surface area contributed by atoms with E-state index >= 15 is 0 Å². The van der Waals surface area contributed by atoms with E-state index in [1.807, 2.05) is 0 Å². The Hall–Kier alpha value is -3.77. The number of benzene rings is 1. The van der Waals surface area contributed by atoms with Crippen LogP contribution in [0, 0.1) is 0 Å². The standard InChI is InChI=1S/C22H21F6N5O2/c1-29-20(35)32-15-4-2-3-12(9-15)19(34)31-14-7-5-13(6-8-14)30-16-10-17(21(23,24)25)33-18(11-16)22(26,27)28/h2-5,9-11,14H,6-8H2,1H3,(H,30,33)(H,31,34)(H2,29,32,35)/t14-/m1/s1. The normalized spacial score (nSPS) is 16.2. The maximum absolute atomic E-state index is 13.0. The average Bonchev–Trinajstić information content (AvgIpc) is 2.79. The summed E-state index contributed by atoms with van der Waals surface area (Å²) in [6.45, 7) is 0. The van der Waals surface area contributed by atoms with Gasteiger partial charge in [0, 0.05) is 35.7 Å². The lowest BCUT2D eigenvalue weighted by molar-refractivity contribution is -0.150. The van der Waals surface area contributed by atoms with Gasteiger partial charge in [-0.2, -0.15) is 26.3 Å². The van der Waals surface area contributed by atoms with Gasteiger partial charge in [-0.25, -0.2) is 9.78 Å². The fraction of sp³-hybridized carbons (Fsp3) is 0.318. The van der Waals surface area contributed by atoms with Gasteiger partial charge in [0.25, 0.3) is 5.91 Å². The Labute approximate surface area is 196 Å². The van der Waals surface area contributed by atoms with Gasteiger partial charge >= 0.3 is 18.4 Å². The molecular weight excluding hydrogens is 480 g/mol. The van der Waals surface area contributed by atoms with Gasteiger partial charge in [-0.15, -0.1) is 0 Å². The highest BCUT2D eigenvalue weighted by Crippen LogP contribution is 2.35. The zero-order valence-electron chi connectivity index (χ0n) is 18.3. The van der Waals surface area contributed by atoms with Gasteiger partial charge in [0.15, 0.2) is 0 Å². The van der Waals surface area contributed by atoms with Crippen molar-refractivity contribution < 1.29 is 35.9 Å². The number of nitrogens with zero attached hydrogens (tertiary/aromatic N) is 1. The Bertz CT molecular complexity index is 1100. The summed E-state index contributed by atoms with van der Waals surface area (Å²) in [7, 11) is 1.45. The second-order valence-corrected chi connectivity index (χ2v) is 7.71. The molecule has 4 N–H and O–H groups in total. The highest BCUT2D eigenvalue weighted by Gasteiger charge is 2.39. The van der Waals surface area contributed by atoms with E-state index in [9.17, 15) is 35.9 Å². The molecule has 2 aromatic rings. The highest BCUT2D eigenvalue weighted by atomic mass is 19.4. The maximum atomic E-state index is 13.0. The Morgan fingerprint density at radius 3 is 2.17 bits per heavy atom. The molecule has 1 aromatic carbocycles. The third kappa shape index (κ3) is 7.11. The number of hydrogen-bond acceptors (Lipinski definition) is 4. The summed E-state index contributed by atoms with van der Waals surface area (Å²) in [5, 5.41) is 10.4. The van der Waals surface area contributed by atoms with E-state index in [1.54, 1.807) is 24.3 Å². The first-order valence-electron chi connectivity index (χ1n) is 10.4. The molecule has 13 heteroatoms. The molecule has 188 valence electrons. The molecule has 0 radical (unpaired) electrons. The first-order chi connectivity index (χ1) is 16.3. The van der Waals surface area contributed by atoms with Crippen molar-refractivity contribution in [1.29, 1.82) is 0 Å². The molecule has 1 atom stereocenters. The topological polar surface area (TPSA) is 95.2 Å². The van der Waals surface area contributed by atoms with Gasteiger partial charge in [-0.05, 0) is 49.6 Å². The van der Waals surface area contributed by atoms with Crippen LogP contribution in [0.3, 0.4) is 0 Å². The lowest BCUT2D eigenvalue weighted by Crippen LogP contribution is -2.36. The molecule has 0 saturated carbocycles. The number of alkyl halides is 6. The van der Waals surface area contributed by atoms with Crippen LogP contribution in [0.15, 0.2) is 48.2 Å². The van der Waals surface area contributed by atoms with Crippen LogP contribution >= 0.6 is 0 Å². The van der Waals surface area contributed by atoms with Gasteiger partial charge in [-0.3, -0.25) is 4.79 Å². The minimum Gasteiger partial charge on any atom is -0.359 e. The monoisotopic (exact) mass is 501 g/mol. The molecule has 0 bridgehead atoms. The lowest BCUT2D eigenvalue weighted by Gasteiger charge is -2.24. The fourth-order valence-electron chi connectivity index (χ4n) is 3.36. The van der Waals surface area contributed by atoms with Gasteiger partial charge in [0.05, 0.1) is 0 Å². The van der Waals surface area contributed by atoms with E-state index in [0.29, 0.717) is 41.9 Å². The number of rotatable bonds is 5. The quantitative estimate of drug-likeness (QED) is 0.427. The molecule has 0 fully saturated rings. The molecule has 0 spiro atoms. The molecule has 0 aliphatic heterocycles. The number of allylic oxidation sites excluding steroid dienone is 1. The molecule has 1 aliphatic rings. The Balaban J connectivity index is 1.65. The maximum Gasteiger partial charge on any atom is 0.433 e. The number of hydrogen-bond donors (Lipinski definition) is 4. The number of aromatic nitrogens is 1. The second-order valence-electron chi connectivity index (χ2n) is 7.71. The zero-order valence-corrected chi connectivity index (χ0v) is 18.3. The SMILES string of the molecule is CNC(=O)Nc1cccc(C(=O)N[C@@H]2CC=C(Nc3cc(C(F)(F)F)nc(C(F)(F)F)c3)CC2)c1. The molecule has 1 heterocycles. The predicted octanol–water partition coefficient (Wildman–Crippen LogP) is 5.15. The van der Waals surface area contributed by atoms with Crippen LogP contribution in [0.5, 0.6) is 0 Å². The van der Waals surface area contributed by atoms with Crippen molar-refractivity contribution in [2.45, 2.75) is 37.7 Å². The number of carbonyl (C=O) groups is 2. The van der Waals surface area contributed by atoms with Crippen molar-refractivity contribution in [3.05, 3.63) is 65.1 Å². The van der Waals surface area contributed by atoms with Gasteiger partial charge in [-0.1, -0.05) is 12.1 Å². The van der Waals surface area contributed by atoms with Crippen molar-refractivity contribution in [2.75, 3.05) is 17.7 Å². The molecule has 0 saturated heterocycles. The fourth-order valence-corrected chi connectivity index (χ4v) is 3.36. The molecule has 7 nitrogen and oxygen atoms in total. The number of urea groups is 1. The second kappa shape index (κ2) is 10.2. The molecule has 0 unspecified atom stereocenters. The first kappa shape index (κ1) is 25.8. The number of halogens is 6. The van der Waals surface area contributed by atoms with Gasteiger partial charge in [0.2, 0.25) is 0 Å². The van der Waals surface area contributed by atoms with E-state index in [0.717, 1.165) is 0 Å². The summed E-state index contributed by atoms with van der Waals surface area (Å²) in [4.78, 5) is 26.7. The number of nitrogens with one attached hydrogen (secondary N) is 4. The number of amides is 3. The Morgan fingerprint density at radius 1 is 0.971 bits per heavy atom. The van der Waals surface area contributed by atoms with Crippen LogP contribution in [0.4, 0.5) is 42.5 Å². The van der Waals surface area contributed by atoms with Crippen LogP contribution < -0.4 is 21.3 Å². The molecular formula is C22H21F6N5O2.